The summed E-state index contributed by atoms with van der Waals surface area (Å²) in [6.07, 6.45) is 5.19. The van der Waals surface area contributed by atoms with Crippen LogP contribution in [0.4, 0.5) is 5.69 Å². The van der Waals surface area contributed by atoms with Gasteiger partial charge in [-0.05, 0) is 61.7 Å². The molecule has 1 saturated heterocycles. The summed E-state index contributed by atoms with van der Waals surface area (Å²) >= 11 is 12.2. The van der Waals surface area contributed by atoms with Crippen LogP contribution in [0, 0.1) is 0 Å². The minimum absolute atomic E-state index is 0.263. The van der Waals surface area contributed by atoms with Crippen LogP contribution in [-0.4, -0.2) is 44.6 Å². The second-order valence-electron chi connectivity index (χ2n) is 8.48. The summed E-state index contributed by atoms with van der Waals surface area (Å²) in [5.41, 5.74) is 2.47. The van der Waals surface area contributed by atoms with Crippen LogP contribution < -0.4 is 9.62 Å². The van der Waals surface area contributed by atoms with Crippen molar-refractivity contribution in [3.05, 3.63) is 63.6 Å². The van der Waals surface area contributed by atoms with Crippen molar-refractivity contribution in [1.29, 1.82) is 0 Å². The van der Waals surface area contributed by atoms with Gasteiger partial charge in [-0.15, -0.1) is 0 Å². The van der Waals surface area contributed by atoms with Crippen molar-refractivity contribution in [3.63, 3.8) is 0 Å². The molecule has 6 nitrogen and oxygen atoms in total. The highest BCUT2D eigenvalue weighted by atomic mass is 35.5. The molecule has 3 rings (SSSR count). The Hall–Kier alpha value is -1.80. The van der Waals surface area contributed by atoms with E-state index < -0.39 is 16.1 Å². The predicted molar refractivity (Wildman–Crippen MR) is 135 cm³/mol. The molecule has 9 heteroatoms. The molecule has 1 heterocycles. The molecule has 0 unspecified atom stereocenters. The van der Waals surface area contributed by atoms with Crippen LogP contribution in [0.25, 0.3) is 0 Å². The molecule has 0 radical (unpaired) electrons. The molecular formula is C24H31Cl2N3O3S. The number of amides is 1. The molecular weight excluding hydrogens is 481 g/mol. The van der Waals surface area contributed by atoms with Crippen LogP contribution in [0.3, 0.4) is 0 Å². The number of nitrogens with one attached hydrogen (secondary N) is 1. The number of hydrogen-bond acceptors (Lipinski definition) is 4. The SMILES string of the molecule is CC[C@@H](C(=O)NCc1ccc(CN2CCCCC2)cc1)N(c1cc(Cl)cc(Cl)c1)S(C)(=O)=O. The van der Waals surface area contributed by atoms with Crippen molar-refractivity contribution < 1.29 is 13.2 Å². The smallest absolute Gasteiger partial charge is 0.244 e. The number of piperidine rings is 1. The summed E-state index contributed by atoms with van der Waals surface area (Å²) in [7, 11) is -3.76. The highest BCUT2D eigenvalue weighted by Gasteiger charge is 2.31. The Labute approximate surface area is 206 Å². The Morgan fingerprint density at radius 2 is 1.61 bits per heavy atom. The first kappa shape index (κ1) is 25.8. The second kappa shape index (κ2) is 11.6. The number of hydrogen-bond donors (Lipinski definition) is 1. The zero-order chi connectivity index (χ0) is 24.0. The van der Waals surface area contributed by atoms with Crippen LogP contribution in [0.1, 0.15) is 43.7 Å². The first-order valence-electron chi connectivity index (χ1n) is 11.2. The molecule has 0 bridgehead atoms. The summed E-state index contributed by atoms with van der Waals surface area (Å²) in [6, 6.07) is 11.8. The van der Waals surface area contributed by atoms with E-state index in [0.717, 1.165) is 35.8 Å². The minimum atomic E-state index is -3.76. The second-order valence-corrected chi connectivity index (χ2v) is 11.2. The van der Waals surface area contributed by atoms with Gasteiger partial charge in [-0.2, -0.15) is 0 Å². The van der Waals surface area contributed by atoms with Crippen LogP contribution in [0.2, 0.25) is 10.0 Å². The number of sulfonamides is 1. The lowest BCUT2D eigenvalue weighted by molar-refractivity contribution is -0.122. The fraction of sp³-hybridized carbons (Fsp3) is 0.458. The number of rotatable bonds is 9. The van der Waals surface area contributed by atoms with Gasteiger partial charge in [-0.25, -0.2) is 8.42 Å². The number of nitrogens with zero attached hydrogens (tertiary/aromatic N) is 2. The van der Waals surface area contributed by atoms with Gasteiger partial charge >= 0.3 is 0 Å². The molecule has 33 heavy (non-hydrogen) atoms. The predicted octanol–water partition coefficient (Wildman–Crippen LogP) is 4.84. The molecule has 2 aromatic carbocycles. The van der Waals surface area contributed by atoms with E-state index in [1.54, 1.807) is 6.92 Å². The first-order chi connectivity index (χ1) is 15.7. The van der Waals surface area contributed by atoms with Gasteiger partial charge in [0, 0.05) is 23.1 Å². The molecule has 1 aliphatic rings. The number of carbonyl (C=O) groups is 1. The molecule has 180 valence electrons. The van der Waals surface area contributed by atoms with Crippen molar-refractivity contribution >= 4 is 44.8 Å². The Balaban J connectivity index is 1.67. The summed E-state index contributed by atoms with van der Waals surface area (Å²) in [6.45, 7) is 5.31. The maximum atomic E-state index is 13.0. The number of benzene rings is 2. The van der Waals surface area contributed by atoms with Gasteiger partial charge in [0.25, 0.3) is 0 Å². The Morgan fingerprint density at radius 3 is 2.15 bits per heavy atom. The monoisotopic (exact) mass is 511 g/mol. The van der Waals surface area contributed by atoms with E-state index in [1.165, 1.54) is 43.0 Å². The maximum absolute atomic E-state index is 13.0. The van der Waals surface area contributed by atoms with Crippen molar-refractivity contribution in [2.24, 2.45) is 0 Å². The van der Waals surface area contributed by atoms with E-state index in [0.29, 0.717) is 16.6 Å². The molecule has 0 spiro atoms. The third kappa shape index (κ3) is 7.34. The molecule has 1 amide bonds. The van der Waals surface area contributed by atoms with Crippen LogP contribution in [0.5, 0.6) is 0 Å². The van der Waals surface area contributed by atoms with Gasteiger partial charge in [0.1, 0.15) is 6.04 Å². The summed E-state index contributed by atoms with van der Waals surface area (Å²) in [4.78, 5) is 15.5. The van der Waals surface area contributed by atoms with E-state index >= 15 is 0 Å². The molecule has 1 atom stereocenters. The fourth-order valence-electron chi connectivity index (χ4n) is 4.17. The van der Waals surface area contributed by atoms with E-state index in [9.17, 15) is 13.2 Å². The van der Waals surface area contributed by atoms with E-state index in [2.05, 4.69) is 22.3 Å². The molecule has 2 aromatic rings. The van der Waals surface area contributed by atoms with Crippen LogP contribution >= 0.6 is 23.2 Å². The highest BCUT2D eigenvalue weighted by Crippen LogP contribution is 2.29. The van der Waals surface area contributed by atoms with Crippen molar-refractivity contribution in [3.8, 4) is 0 Å². The third-order valence-electron chi connectivity index (χ3n) is 5.78. The lowest BCUT2D eigenvalue weighted by atomic mass is 10.1. The molecule has 1 fully saturated rings. The zero-order valence-corrected chi connectivity index (χ0v) is 21.4. The van der Waals surface area contributed by atoms with Gasteiger partial charge in [-0.3, -0.25) is 14.0 Å². The topological polar surface area (TPSA) is 69.7 Å². The summed E-state index contributed by atoms with van der Waals surface area (Å²) in [5, 5.41) is 3.48. The number of carbonyl (C=O) groups excluding carboxylic acids is 1. The Morgan fingerprint density at radius 1 is 1.03 bits per heavy atom. The van der Waals surface area contributed by atoms with Gasteiger partial charge in [0.05, 0.1) is 11.9 Å². The van der Waals surface area contributed by atoms with Crippen molar-refractivity contribution in [2.45, 2.75) is 51.7 Å². The van der Waals surface area contributed by atoms with E-state index in [1.807, 2.05) is 12.1 Å². The Bertz CT molecular complexity index is 1030. The number of likely N-dealkylation sites (tertiary alicyclic amines) is 1. The zero-order valence-electron chi connectivity index (χ0n) is 19.1. The number of halogens is 2. The normalized spacial score (nSPS) is 15.8. The molecule has 1 aliphatic heterocycles. The standard InChI is InChI=1S/C24H31Cl2N3O3S/c1-3-23(29(33(2,31)32)22-14-20(25)13-21(26)15-22)24(30)27-16-18-7-9-19(10-8-18)17-28-11-5-4-6-12-28/h7-10,13-15,23H,3-6,11-12,16-17H2,1-2H3,(H,27,30)/t23-/m0/s1. The maximum Gasteiger partial charge on any atom is 0.244 e. The molecule has 0 aliphatic carbocycles. The highest BCUT2D eigenvalue weighted by molar-refractivity contribution is 7.92. The quantitative estimate of drug-likeness (QED) is 0.522. The lowest BCUT2D eigenvalue weighted by Gasteiger charge is -2.30. The van der Waals surface area contributed by atoms with E-state index in [-0.39, 0.29) is 18.0 Å². The lowest BCUT2D eigenvalue weighted by Crippen LogP contribution is -2.49. The molecule has 0 aromatic heterocycles. The van der Waals surface area contributed by atoms with Gasteiger partial charge in [0.15, 0.2) is 0 Å². The van der Waals surface area contributed by atoms with Gasteiger partial charge < -0.3 is 5.32 Å². The third-order valence-corrected chi connectivity index (χ3v) is 7.39. The van der Waals surface area contributed by atoms with Crippen molar-refractivity contribution in [1.82, 2.24) is 10.2 Å². The van der Waals surface area contributed by atoms with Crippen LogP contribution in [0.15, 0.2) is 42.5 Å². The number of anilines is 1. The summed E-state index contributed by atoms with van der Waals surface area (Å²) < 4.78 is 26.3. The average Bonchev–Trinajstić information content (AvgIpc) is 2.75. The van der Waals surface area contributed by atoms with Crippen molar-refractivity contribution in [2.75, 3.05) is 23.7 Å². The first-order valence-corrected chi connectivity index (χ1v) is 13.8. The molecule has 1 N–H and O–H groups in total. The van der Waals surface area contributed by atoms with E-state index in [4.69, 9.17) is 23.2 Å². The largest absolute Gasteiger partial charge is 0.350 e. The summed E-state index contributed by atoms with van der Waals surface area (Å²) in [5.74, 6) is -0.378. The van der Waals surface area contributed by atoms with Gasteiger partial charge in [-0.1, -0.05) is 60.8 Å². The van der Waals surface area contributed by atoms with Crippen LogP contribution in [-0.2, 0) is 27.9 Å². The van der Waals surface area contributed by atoms with Gasteiger partial charge in [0.2, 0.25) is 15.9 Å². The average molecular weight is 513 g/mol. The minimum Gasteiger partial charge on any atom is -0.350 e. The molecule has 0 saturated carbocycles. The fourth-order valence-corrected chi connectivity index (χ4v) is 5.88. The Kier molecular flexibility index (Phi) is 9.04.